The Kier molecular flexibility index (Phi) is 4.23. The van der Waals surface area contributed by atoms with Crippen LogP contribution >= 0.6 is 11.6 Å². The van der Waals surface area contributed by atoms with Gasteiger partial charge in [-0.15, -0.1) is 0 Å². The third-order valence-electron chi connectivity index (χ3n) is 4.36. The van der Waals surface area contributed by atoms with Crippen molar-refractivity contribution in [3.05, 3.63) is 29.0 Å². The molecule has 2 aliphatic rings. The number of pyridine rings is 1. The lowest BCUT2D eigenvalue weighted by molar-refractivity contribution is -0.103. The summed E-state index contributed by atoms with van der Waals surface area (Å²) in [6.45, 7) is 2.24. The van der Waals surface area contributed by atoms with E-state index in [1.54, 1.807) is 12.3 Å². The third kappa shape index (κ3) is 2.82. The van der Waals surface area contributed by atoms with Crippen molar-refractivity contribution in [1.82, 2.24) is 10.4 Å². The molecular formula is C14H20ClN3O2. The third-order valence-corrected chi connectivity index (χ3v) is 4.58. The first-order valence-electron chi connectivity index (χ1n) is 7.02. The molecule has 1 aromatic heterocycles. The molecule has 3 heterocycles. The van der Waals surface area contributed by atoms with E-state index in [1.165, 1.54) is 0 Å². The Morgan fingerprint density at radius 1 is 1.45 bits per heavy atom. The van der Waals surface area contributed by atoms with Crippen LogP contribution in [0.25, 0.3) is 0 Å². The van der Waals surface area contributed by atoms with E-state index in [2.05, 4.69) is 10.4 Å². The quantitative estimate of drug-likeness (QED) is 0.506. The van der Waals surface area contributed by atoms with Gasteiger partial charge in [-0.1, -0.05) is 17.7 Å². The van der Waals surface area contributed by atoms with Crippen LogP contribution in [0.15, 0.2) is 18.3 Å². The van der Waals surface area contributed by atoms with Crippen LogP contribution in [0.2, 0.25) is 5.15 Å². The number of ether oxygens (including phenoxy) is 2. The minimum atomic E-state index is -0.113. The van der Waals surface area contributed by atoms with Gasteiger partial charge in [-0.2, -0.15) is 0 Å². The Morgan fingerprint density at radius 3 is 3.00 bits per heavy atom. The van der Waals surface area contributed by atoms with Crippen LogP contribution in [0.5, 0.6) is 0 Å². The summed E-state index contributed by atoms with van der Waals surface area (Å²) < 4.78 is 11.5. The average Bonchev–Trinajstić information content (AvgIpc) is 2.90. The van der Waals surface area contributed by atoms with Crippen LogP contribution in [0.1, 0.15) is 30.9 Å². The molecular weight excluding hydrogens is 278 g/mol. The summed E-state index contributed by atoms with van der Waals surface area (Å²) in [5.74, 6) is 6.19. The molecule has 2 saturated heterocycles. The molecule has 0 radical (unpaired) electrons. The summed E-state index contributed by atoms with van der Waals surface area (Å²) in [6, 6.07) is 3.85. The number of rotatable bonds is 3. The SMILES string of the molecule is NNC(c1ccc(Cl)nc1)C1CCOC2(CCOC2)C1. The van der Waals surface area contributed by atoms with Crippen molar-refractivity contribution >= 4 is 11.6 Å². The van der Waals surface area contributed by atoms with Crippen LogP contribution in [0, 0.1) is 5.92 Å². The van der Waals surface area contributed by atoms with E-state index in [4.69, 9.17) is 26.9 Å². The highest BCUT2D eigenvalue weighted by Gasteiger charge is 2.43. The lowest BCUT2D eigenvalue weighted by Gasteiger charge is -2.40. The summed E-state index contributed by atoms with van der Waals surface area (Å²) in [4.78, 5) is 4.15. The van der Waals surface area contributed by atoms with Crippen molar-refractivity contribution in [2.24, 2.45) is 11.8 Å². The molecule has 0 bridgehead atoms. The maximum Gasteiger partial charge on any atom is 0.129 e. The molecule has 1 aromatic rings. The highest BCUT2D eigenvalue weighted by Crippen LogP contribution is 2.40. The summed E-state index contributed by atoms with van der Waals surface area (Å²) in [7, 11) is 0. The number of hydrazine groups is 1. The number of hydrogen-bond donors (Lipinski definition) is 2. The molecule has 110 valence electrons. The molecule has 3 atom stereocenters. The van der Waals surface area contributed by atoms with E-state index in [0.717, 1.165) is 38.0 Å². The summed E-state index contributed by atoms with van der Waals surface area (Å²) in [5, 5.41) is 0.497. The first-order valence-corrected chi connectivity index (χ1v) is 7.39. The van der Waals surface area contributed by atoms with Crippen LogP contribution in [-0.2, 0) is 9.47 Å². The molecule has 0 amide bonds. The highest BCUT2D eigenvalue weighted by atomic mass is 35.5. The zero-order valence-corrected chi connectivity index (χ0v) is 12.1. The molecule has 2 fully saturated rings. The topological polar surface area (TPSA) is 69.4 Å². The lowest BCUT2D eigenvalue weighted by atomic mass is 9.79. The van der Waals surface area contributed by atoms with Crippen molar-refractivity contribution < 1.29 is 9.47 Å². The van der Waals surface area contributed by atoms with Crippen molar-refractivity contribution in [3.8, 4) is 0 Å². The highest BCUT2D eigenvalue weighted by molar-refractivity contribution is 6.29. The normalized spacial score (nSPS) is 31.6. The molecule has 5 nitrogen and oxygen atoms in total. The minimum absolute atomic E-state index is 0.0705. The van der Waals surface area contributed by atoms with E-state index < -0.39 is 0 Å². The van der Waals surface area contributed by atoms with Gasteiger partial charge < -0.3 is 9.47 Å². The van der Waals surface area contributed by atoms with Gasteiger partial charge in [0.1, 0.15) is 5.15 Å². The van der Waals surface area contributed by atoms with E-state index >= 15 is 0 Å². The van der Waals surface area contributed by atoms with Gasteiger partial charge in [0.2, 0.25) is 0 Å². The van der Waals surface area contributed by atoms with Crippen LogP contribution in [0.4, 0.5) is 0 Å². The number of nitrogens with one attached hydrogen (secondary N) is 1. The number of nitrogens with two attached hydrogens (primary N) is 1. The van der Waals surface area contributed by atoms with E-state index in [1.807, 2.05) is 6.07 Å². The molecule has 6 heteroatoms. The Bertz CT molecular complexity index is 448. The fourth-order valence-corrected chi connectivity index (χ4v) is 3.40. The monoisotopic (exact) mass is 297 g/mol. The summed E-state index contributed by atoms with van der Waals surface area (Å²) in [6.07, 6.45) is 4.71. The molecule has 3 rings (SSSR count). The van der Waals surface area contributed by atoms with E-state index in [-0.39, 0.29) is 11.6 Å². The first-order chi connectivity index (χ1) is 9.72. The number of aromatic nitrogens is 1. The van der Waals surface area contributed by atoms with Crippen LogP contribution < -0.4 is 11.3 Å². The minimum Gasteiger partial charge on any atom is -0.378 e. The van der Waals surface area contributed by atoms with Crippen molar-refractivity contribution in [2.75, 3.05) is 19.8 Å². The predicted octanol–water partition coefficient (Wildman–Crippen LogP) is 1.83. The second kappa shape index (κ2) is 5.95. The molecule has 2 aliphatic heterocycles. The van der Waals surface area contributed by atoms with Gasteiger partial charge in [-0.3, -0.25) is 11.3 Å². The first kappa shape index (κ1) is 14.2. The summed E-state index contributed by atoms with van der Waals surface area (Å²) >= 11 is 5.84. The fraction of sp³-hybridized carbons (Fsp3) is 0.643. The average molecular weight is 298 g/mol. The standard InChI is InChI=1S/C14H20ClN3O2/c15-12-2-1-11(8-17-12)13(18-16)10-3-5-20-14(7-10)4-6-19-9-14/h1-2,8,10,13,18H,3-7,9,16H2. The maximum atomic E-state index is 5.98. The number of nitrogens with zero attached hydrogens (tertiary/aromatic N) is 1. The molecule has 0 saturated carbocycles. The molecule has 20 heavy (non-hydrogen) atoms. The van der Waals surface area contributed by atoms with Gasteiger partial charge in [-0.25, -0.2) is 4.98 Å². The second-order valence-corrected chi connectivity index (χ2v) is 6.03. The summed E-state index contributed by atoms with van der Waals surface area (Å²) in [5.41, 5.74) is 3.89. The Labute approximate surface area is 123 Å². The molecule has 0 aliphatic carbocycles. The smallest absolute Gasteiger partial charge is 0.129 e. The molecule has 3 N–H and O–H groups in total. The van der Waals surface area contributed by atoms with Gasteiger partial charge in [-0.05, 0) is 30.4 Å². The zero-order chi connectivity index (χ0) is 14.0. The lowest BCUT2D eigenvalue weighted by Crippen LogP contribution is -2.45. The van der Waals surface area contributed by atoms with Gasteiger partial charge in [0.15, 0.2) is 0 Å². The maximum absolute atomic E-state index is 5.98. The predicted molar refractivity (Wildman–Crippen MR) is 76.2 cm³/mol. The van der Waals surface area contributed by atoms with Gasteiger partial charge in [0, 0.05) is 25.8 Å². The van der Waals surface area contributed by atoms with Crippen molar-refractivity contribution in [2.45, 2.75) is 30.9 Å². The van der Waals surface area contributed by atoms with Crippen LogP contribution in [-0.4, -0.2) is 30.4 Å². The van der Waals surface area contributed by atoms with Crippen molar-refractivity contribution in [1.29, 1.82) is 0 Å². The molecule has 1 spiro atoms. The Balaban J connectivity index is 1.76. The van der Waals surface area contributed by atoms with Gasteiger partial charge >= 0.3 is 0 Å². The Morgan fingerprint density at radius 2 is 2.35 bits per heavy atom. The van der Waals surface area contributed by atoms with E-state index in [0.29, 0.717) is 17.7 Å². The van der Waals surface area contributed by atoms with Gasteiger partial charge in [0.05, 0.1) is 18.2 Å². The molecule has 0 aromatic carbocycles. The zero-order valence-electron chi connectivity index (χ0n) is 11.3. The largest absolute Gasteiger partial charge is 0.378 e. The van der Waals surface area contributed by atoms with Gasteiger partial charge in [0.25, 0.3) is 0 Å². The second-order valence-electron chi connectivity index (χ2n) is 5.65. The Hall–Kier alpha value is -0.720. The molecule has 3 unspecified atom stereocenters. The van der Waals surface area contributed by atoms with E-state index in [9.17, 15) is 0 Å². The van der Waals surface area contributed by atoms with Crippen molar-refractivity contribution in [3.63, 3.8) is 0 Å². The number of hydrogen-bond acceptors (Lipinski definition) is 5. The number of halogens is 1. The fourth-order valence-electron chi connectivity index (χ4n) is 3.29. The van der Waals surface area contributed by atoms with Crippen LogP contribution in [0.3, 0.4) is 0 Å².